The summed E-state index contributed by atoms with van der Waals surface area (Å²) in [6.45, 7) is 3.05. The first-order chi connectivity index (χ1) is 11.5. The largest absolute Gasteiger partial charge is 0.342 e. The average Bonchev–Trinajstić information content (AvgIpc) is 3.08. The molecule has 0 aromatic heterocycles. The fourth-order valence-corrected chi connectivity index (χ4v) is 5.04. The number of rotatable bonds is 1. The number of hydrogen-bond donors (Lipinski definition) is 2. The molecule has 0 radical (unpaired) electrons. The van der Waals surface area contributed by atoms with Gasteiger partial charge >= 0.3 is 6.03 Å². The van der Waals surface area contributed by atoms with E-state index in [1.807, 2.05) is 4.90 Å². The van der Waals surface area contributed by atoms with Crippen LogP contribution in [0.15, 0.2) is 23.1 Å². The van der Waals surface area contributed by atoms with E-state index in [0.29, 0.717) is 25.9 Å². The zero-order valence-corrected chi connectivity index (χ0v) is 14.2. The lowest BCUT2D eigenvalue weighted by molar-refractivity contribution is -0.135. The molecule has 0 saturated carbocycles. The Morgan fingerprint density at radius 3 is 2.71 bits per heavy atom. The molecule has 126 valence electrons. The predicted molar refractivity (Wildman–Crippen MR) is 89.7 cm³/mol. The second-order valence-corrected chi connectivity index (χ2v) is 7.98. The Kier molecular flexibility index (Phi) is 3.56. The van der Waals surface area contributed by atoms with Crippen molar-refractivity contribution in [3.8, 4) is 0 Å². The van der Waals surface area contributed by atoms with Crippen molar-refractivity contribution >= 4 is 29.6 Å². The summed E-state index contributed by atoms with van der Waals surface area (Å²) in [6, 6.07) is 5.89. The molecule has 1 aromatic carbocycles. The van der Waals surface area contributed by atoms with E-state index < -0.39 is 11.6 Å². The maximum atomic E-state index is 12.8. The normalized spacial score (nSPS) is 24.7. The van der Waals surface area contributed by atoms with Crippen LogP contribution in [0.4, 0.5) is 4.79 Å². The van der Waals surface area contributed by atoms with Crippen LogP contribution in [0.5, 0.6) is 0 Å². The van der Waals surface area contributed by atoms with Crippen molar-refractivity contribution in [2.75, 3.05) is 13.1 Å². The Labute approximate surface area is 144 Å². The number of likely N-dealkylation sites (tertiary alicyclic amines) is 1. The van der Waals surface area contributed by atoms with Crippen LogP contribution in [0, 0.1) is 6.92 Å². The number of carbonyl (C=O) groups excluding carboxylic acids is 3. The molecule has 1 aromatic rings. The molecule has 1 spiro atoms. The minimum Gasteiger partial charge on any atom is -0.342 e. The summed E-state index contributed by atoms with van der Waals surface area (Å²) in [5.41, 5.74) is 1.62. The monoisotopic (exact) mass is 345 g/mol. The van der Waals surface area contributed by atoms with Crippen molar-refractivity contribution in [2.24, 2.45) is 0 Å². The van der Waals surface area contributed by atoms with Crippen LogP contribution in [0.1, 0.15) is 24.0 Å². The summed E-state index contributed by atoms with van der Waals surface area (Å²) in [4.78, 5) is 39.2. The van der Waals surface area contributed by atoms with Gasteiger partial charge in [0.2, 0.25) is 5.91 Å². The van der Waals surface area contributed by atoms with Crippen molar-refractivity contribution in [1.29, 1.82) is 0 Å². The first-order valence-corrected chi connectivity index (χ1v) is 9.03. The topological polar surface area (TPSA) is 78.5 Å². The predicted octanol–water partition coefficient (Wildman–Crippen LogP) is 1.21. The lowest BCUT2D eigenvalue weighted by atomic mass is 9.87. The second-order valence-electron chi connectivity index (χ2n) is 6.74. The van der Waals surface area contributed by atoms with Crippen molar-refractivity contribution in [3.63, 3.8) is 0 Å². The van der Waals surface area contributed by atoms with Crippen LogP contribution in [0.2, 0.25) is 0 Å². The molecule has 0 bridgehead atoms. The molecule has 2 saturated heterocycles. The van der Waals surface area contributed by atoms with Gasteiger partial charge < -0.3 is 10.2 Å². The molecule has 2 fully saturated rings. The van der Waals surface area contributed by atoms with Crippen LogP contribution < -0.4 is 10.6 Å². The smallest absolute Gasteiger partial charge is 0.322 e. The number of benzene rings is 1. The van der Waals surface area contributed by atoms with Crippen molar-refractivity contribution in [3.05, 3.63) is 29.3 Å². The molecular formula is C17H19N3O3S. The quantitative estimate of drug-likeness (QED) is 0.750. The molecule has 0 unspecified atom stereocenters. The fourth-order valence-electron chi connectivity index (χ4n) is 3.67. The number of carbonyl (C=O) groups is 3. The van der Waals surface area contributed by atoms with E-state index in [1.165, 1.54) is 16.0 Å². The standard InChI is InChI=1S/C17H19N3O3S/c1-10-2-3-11-9-13(24-12(11)8-10)14(21)20-6-4-17(5-7-20)15(22)18-16(23)19-17/h2-3,8,13H,4-7,9H2,1H3,(H2,18,19,22,23)/t13-/m0/s1. The number of amides is 4. The average molecular weight is 345 g/mol. The molecule has 2 N–H and O–H groups in total. The number of thioether (sulfide) groups is 1. The highest BCUT2D eigenvalue weighted by atomic mass is 32.2. The van der Waals surface area contributed by atoms with Gasteiger partial charge in [0.15, 0.2) is 0 Å². The van der Waals surface area contributed by atoms with E-state index in [9.17, 15) is 14.4 Å². The molecule has 24 heavy (non-hydrogen) atoms. The van der Waals surface area contributed by atoms with Crippen molar-refractivity contribution in [2.45, 2.75) is 41.9 Å². The summed E-state index contributed by atoms with van der Waals surface area (Å²) < 4.78 is 0. The number of imide groups is 1. The molecule has 3 aliphatic rings. The molecule has 6 nitrogen and oxygen atoms in total. The fraction of sp³-hybridized carbons (Fsp3) is 0.471. The van der Waals surface area contributed by atoms with Crippen molar-refractivity contribution in [1.82, 2.24) is 15.5 Å². The van der Waals surface area contributed by atoms with Gasteiger partial charge in [0.05, 0.1) is 5.25 Å². The summed E-state index contributed by atoms with van der Waals surface area (Å²) >= 11 is 1.64. The van der Waals surface area contributed by atoms with Crippen LogP contribution >= 0.6 is 11.8 Å². The van der Waals surface area contributed by atoms with Gasteiger partial charge in [-0.05, 0) is 37.8 Å². The van der Waals surface area contributed by atoms with Gasteiger partial charge in [-0.3, -0.25) is 14.9 Å². The minimum absolute atomic E-state index is 0.0807. The summed E-state index contributed by atoms with van der Waals surface area (Å²) in [5, 5.41) is 4.94. The van der Waals surface area contributed by atoms with Crippen molar-refractivity contribution < 1.29 is 14.4 Å². The third-order valence-electron chi connectivity index (χ3n) is 5.12. The van der Waals surface area contributed by atoms with E-state index in [1.54, 1.807) is 11.8 Å². The second kappa shape index (κ2) is 5.51. The number of aryl methyl sites for hydroxylation is 1. The lowest BCUT2D eigenvalue weighted by Crippen LogP contribution is -2.56. The molecule has 3 heterocycles. The van der Waals surface area contributed by atoms with E-state index in [4.69, 9.17) is 0 Å². The Morgan fingerprint density at radius 2 is 2.04 bits per heavy atom. The molecule has 1 atom stereocenters. The number of hydrogen-bond acceptors (Lipinski definition) is 4. The molecule has 4 amide bonds. The van der Waals surface area contributed by atoms with Crippen LogP contribution in [-0.4, -0.2) is 46.6 Å². The van der Waals surface area contributed by atoms with Crippen LogP contribution in [0.3, 0.4) is 0 Å². The Hall–Kier alpha value is -2.02. The highest BCUT2D eigenvalue weighted by Crippen LogP contribution is 2.39. The Balaban J connectivity index is 1.41. The number of nitrogens with zero attached hydrogens (tertiary/aromatic N) is 1. The van der Waals surface area contributed by atoms with Gasteiger partial charge in [-0.1, -0.05) is 17.7 Å². The first-order valence-electron chi connectivity index (χ1n) is 8.15. The summed E-state index contributed by atoms with van der Waals surface area (Å²) in [6.07, 6.45) is 1.71. The van der Waals surface area contributed by atoms with Crippen LogP contribution in [0.25, 0.3) is 0 Å². The van der Waals surface area contributed by atoms with E-state index in [2.05, 4.69) is 35.8 Å². The van der Waals surface area contributed by atoms with Gasteiger partial charge in [-0.2, -0.15) is 0 Å². The molecule has 7 heteroatoms. The van der Waals surface area contributed by atoms with Crippen LogP contribution in [-0.2, 0) is 16.0 Å². The lowest BCUT2D eigenvalue weighted by Gasteiger charge is -2.37. The number of nitrogens with one attached hydrogen (secondary N) is 2. The van der Waals surface area contributed by atoms with Gasteiger partial charge in [0.1, 0.15) is 5.54 Å². The molecule has 3 aliphatic heterocycles. The number of fused-ring (bicyclic) bond motifs is 1. The first kappa shape index (κ1) is 15.5. The van der Waals surface area contributed by atoms with Gasteiger partial charge in [0.25, 0.3) is 5.91 Å². The zero-order valence-electron chi connectivity index (χ0n) is 13.4. The Morgan fingerprint density at radius 1 is 1.29 bits per heavy atom. The molecular weight excluding hydrogens is 326 g/mol. The summed E-state index contributed by atoms with van der Waals surface area (Å²) in [7, 11) is 0. The Bertz CT molecular complexity index is 741. The van der Waals surface area contributed by atoms with E-state index in [0.717, 1.165) is 6.42 Å². The van der Waals surface area contributed by atoms with Gasteiger partial charge in [-0.15, -0.1) is 11.8 Å². The number of piperidine rings is 1. The maximum absolute atomic E-state index is 12.8. The maximum Gasteiger partial charge on any atom is 0.322 e. The van der Waals surface area contributed by atoms with E-state index in [-0.39, 0.29) is 17.1 Å². The third kappa shape index (κ3) is 2.47. The van der Waals surface area contributed by atoms with E-state index >= 15 is 0 Å². The highest BCUT2D eigenvalue weighted by molar-refractivity contribution is 8.01. The SMILES string of the molecule is Cc1ccc2c(c1)S[C@H](C(=O)N1CCC3(CC1)NC(=O)NC3=O)C2. The third-order valence-corrected chi connectivity index (χ3v) is 6.40. The highest BCUT2D eigenvalue weighted by Gasteiger charge is 2.49. The van der Waals surface area contributed by atoms with Gasteiger partial charge in [0, 0.05) is 18.0 Å². The molecule has 4 rings (SSSR count). The number of urea groups is 1. The minimum atomic E-state index is -0.823. The summed E-state index contributed by atoms with van der Waals surface area (Å²) in [5.74, 6) is -0.133. The van der Waals surface area contributed by atoms with Gasteiger partial charge in [-0.25, -0.2) is 4.79 Å². The zero-order chi connectivity index (χ0) is 16.9. The molecule has 0 aliphatic carbocycles.